The van der Waals surface area contributed by atoms with Crippen molar-refractivity contribution in [3.8, 4) is 11.4 Å². The SMILES string of the molecule is CCn1cnnc1-c1ccccc1NC(=O)C(=O)NC(Cc1ccccc1)C(=O)NC1CC1. The summed E-state index contributed by atoms with van der Waals surface area (Å²) in [4.78, 5) is 38.2. The number of nitrogens with one attached hydrogen (secondary N) is 3. The van der Waals surface area contributed by atoms with Crippen molar-refractivity contribution in [2.45, 2.75) is 44.8 Å². The second-order valence-corrected chi connectivity index (χ2v) is 7.94. The molecule has 0 radical (unpaired) electrons. The highest BCUT2D eigenvalue weighted by Gasteiger charge is 2.30. The molecule has 3 amide bonds. The number of aryl methyl sites for hydroxylation is 1. The zero-order valence-corrected chi connectivity index (χ0v) is 18.3. The van der Waals surface area contributed by atoms with E-state index in [1.54, 1.807) is 24.5 Å². The Kier molecular flexibility index (Phi) is 6.77. The first kappa shape index (κ1) is 22.2. The number of carbonyl (C=O) groups is 3. The van der Waals surface area contributed by atoms with E-state index in [9.17, 15) is 14.4 Å². The number of aromatic nitrogens is 3. The minimum absolute atomic E-state index is 0.143. The predicted molar refractivity (Wildman–Crippen MR) is 123 cm³/mol. The lowest BCUT2D eigenvalue weighted by molar-refractivity contribution is -0.138. The number of rotatable bonds is 8. The molecular formula is C24H26N6O3. The van der Waals surface area contributed by atoms with Gasteiger partial charge in [-0.1, -0.05) is 42.5 Å². The molecule has 0 spiro atoms. The third-order valence-corrected chi connectivity index (χ3v) is 5.41. The van der Waals surface area contributed by atoms with Crippen molar-refractivity contribution in [3.63, 3.8) is 0 Å². The summed E-state index contributed by atoms with van der Waals surface area (Å²) in [6, 6.07) is 15.7. The van der Waals surface area contributed by atoms with Gasteiger partial charge >= 0.3 is 11.8 Å². The lowest BCUT2D eigenvalue weighted by Crippen LogP contribution is -2.51. The van der Waals surface area contributed by atoms with Gasteiger partial charge in [0.05, 0.1) is 5.69 Å². The number of amides is 3. The highest BCUT2D eigenvalue weighted by atomic mass is 16.2. The van der Waals surface area contributed by atoms with Crippen LogP contribution in [0.4, 0.5) is 5.69 Å². The number of carbonyl (C=O) groups excluding carboxylic acids is 3. The normalized spacial score (nSPS) is 13.7. The third-order valence-electron chi connectivity index (χ3n) is 5.41. The van der Waals surface area contributed by atoms with Gasteiger partial charge in [-0.2, -0.15) is 0 Å². The number of benzene rings is 2. The average Bonchev–Trinajstić information content (AvgIpc) is 3.51. The van der Waals surface area contributed by atoms with E-state index in [0.29, 0.717) is 23.6 Å². The molecule has 2 aromatic carbocycles. The van der Waals surface area contributed by atoms with Crippen LogP contribution in [0.25, 0.3) is 11.4 Å². The van der Waals surface area contributed by atoms with Crippen LogP contribution >= 0.6 is 0 Å². The quantitative estimate of drug-likeness (QED) is 0.457. The van der Waals surface area contributed by atoms with Crippen LogP contribution in [0, 0.1) is 0 Å². The molecule has 3 aromatic rings. The van der Waals surface area contributed by atoms with Gasteiger partial charge in [-0.3, -0.25) is 14.4 Å². The minimum Gasteiger partial charge on any atom is -0.352 e. The highest BCUT2D eigenvalue weighted by molar-refractivity contribution is 6.40. The van der Waals surface area contributed by atoms with E-state index < -0.39 is 17.9 Å². The van der Waals surface area contributed by atoms with E-state index in [1.165, 1.54) is 0 Å². The number of anilines is 1. The number of para-hydroxylation sites is 1. The Balaban J connectivity index is 1.47. The largest absolute Gasteiger partial charge is 0.352 e. The topological polar surface area (TPSA) is 118 Å². The molecule has 3 N–H and O–H groups in total. The van der Waals surface area contributed by atoms with E-state index >= 15 is 0 Å². The van der Waals surface area contributed by atoms with Crippen LogP contribution in [0.5, 0.6) is 0 Å². The third kappa shape index (κ3) is 5.62. The van der Waals surface area contributed by atoms with Gasteiger partial charge in [0.1, 0.15) is 12.4 Å². The zero-order chi connectivity index (χ0) is 23.2. The van der Waals surface area contributed by atoms with Crippen LogP contribution in [-0.2, 0) is 27.3 Å². The summed E-state index contributed by atoms with van der Waals surface area (Å²) in [6.07, 6.45) is 3.75. The summed E-state index contributed by atoms with van der Waals surface area (Å²) < 4.78 is 1.84. The van der Waals surface area contributed by atoms with Gasteiger partial charge in [0, 0.05) is 24.6 Å². The van der Waals surface area contributed by atoms with Crippen molar-refractivity contribution in [2.24, 2.45) is 0 Å². The van der Waals surface area contributed by atoms with Gasteiger partial charge in [-0.15, -0.1) is 10.2 Å². The zero-order valence-electron chi connectivity index (χ0n) is 18.3. The maximum Gasteiger partial charge on any atom is 0.313 e. The van der Waals surface area contributed by atoms with Crippen LogP contribution in [0.1, 0.15) is 25.3 Å². The summed E-state index contributed by atoms with van der Waals surface area (Å²) in [6.45, 7) is 2.61. The molecule has 1 fully saturated rings. The average molecular weight is 447 g/mol. The fourth-order valence-electron chi connectivity index (χ4n) is 3.47. The number of hydrogen-bond acceptors (Lipinski definition) is 5. The molecular weight excluding hydrogens is 420 g/mol. The molecule has 1 unspecified atom stereocenters. The molecule has 1 atom stereocenters. The molecule has 1 aromatic heterocycles. The smallest absolute Gasteiger partial charge is 0.313 e. The molecule has 0 aliphatic heterocycles. The van der Waals surface area contributed by atoms with Crippen LogP contribution < -0.4 is 16.0 Å². The van der Waals surface area contributed by atoms with Crippen molar-refractivity contribution in [3.05, 3.63) is 66.5 Å². The molecule has 1 heterocycles. The monoisotopic (exact) mass is 446 g/mol. The molecule has 9 nitrogen and oxygen atoms in total. The summed E-state index contributed by atoms with van der Waals surface area (Å²) in [7, 11) is 0. The summed E-state index contributed by atoms with van der Waals surface area (Å²) in [5.74, 6) is -1.45. The Morgan fingerprint density at radius 3 is 2.48 bits per heavy atom. The van der Waals surface area contributed by atoms with Gasteiger partial charge in [0.25, 0.3) is 0 Å². The molecule has 4 rings (SSSR count). The van der Waals surface area contributed by atoms with Gasteiger partial charge < -0.3 is 20.5 Å². The standard InChI is InChI=1S/C24H26N6O3/c1-2-30-15-25-29-21(30)18-10-6-7-11-19(18)27-23(32)24(33)28-20(22(31)26-17-12-13-17)14-16-8-4-3-5-9-16/h3-11,15,17,20H,2,12-14H2,1H3,(H,26,31)(H,27,32)(H,28,33). The predicted octanol–water partition coefficient (Wildman–Crippen LogP) is 1.91. The van der Waals surface area contributed by atoms with Crippen LogP contribution in [0.2, 0.25) is 0 Å². The first-order chi connectivity index (χ1) is 16.0. The van der Waals surface area contributed by atoms with E-state index in [4.69, 9.17) is 0 Å². The van der Waals surface area contributed by atoms with E-state index in [0.717, 1.165) is 18.4 Å². The van der Waals surface area contributed by atoms with Crippen LogP contribution in [-0.4, -0.2) is 44.6 Å². The number of nitrogens with zero attached hydrogens (tertiary/aromatic N) is 3. The fourth-order valence-corrected chi connectivity index (χ4v) is 3.47. The lowest BCUT2D eigenvalue weighted by Gasteiger charge is -2.19. The Labute approximate surface area is 191 Å². The van der Waals surface area contributed by atoms with Crippen molar-refractivity contribution in [1.29, 1.82) is 0 Å². The molecule has 1 aliphatic rings. The maximum absolute atomic E-state index is 12.7. The van der Waals surface area contributed by atoms with E-state index in [-0.39, 0.29) is 18.4 Å². The van der Waals surface area contributed by atoms with Crippen LogP contribution in [0.3, 0.4) is 0 Å². The van der Waals surface area contributed by atoms with Crippen molar-refractivity contribution < 1.29 is 14.4 Å². The number of hydrogen-bond donors (Lipinski definition) is 3. The second-order valence-electron chi connectivity index (χ2n) is 7.94. The summed E-state index contributed by atoms with van der Waals surface area (Å²) in [5, 5.41) is 16.2. The first-order valence-corrected chi connectivity index (χ1v) is 11.0. The molecule has 1 saturated carbocycles. The van der Waals surface area contributed by atoms with Gasteiger partial charge in [0.2, 0.25) is 5.91 Å². The Morgan fingerprint density at radius 1 is 1.03 bits per heavy atom. The van der Waals surface area contributed by atoms with Gasteiger partial charge in [-0.25, -0.2) is 0 Å². The van der Waals surface area contributed by atoms with E-state index in [1.807, 2.05) is 47.9 Å². The van der Waals surface area contributed by atoms with Crippen LogP contribution in [0.15, 0.2) is 60.9 Å². The van der Waals surface area contributed by atoms with Gasteiger partial charge in [0.15, 0.2) is 5.82 Å². The molecule has 1 aliphatic carbocycles. The lowest BCUT2D eigenvalue weighted by atomic mass is 10.1. The Hall–Kier alpha value is -4.01. The highest BCUT2D eigenvalue weighted by Crippen LogP contribution is 2.26. The van der Waals surface area contributed by atoms with Crippen molar-refractivity contribution in [1.82, 2.24) is 25.4 Å². The molecule has 9 heteroatoms. The van der Waals surface area contributed by atoms with Gasteiger partial charge in [-0.05, 0) is 37.5 Å². The fraction of sp³-hybridized carbons (Fsp3) is 0.292. The summed E-state index contributed by atoms with van der Waals surface area (Å²) in [5.41, 5.74) is 1.96. The summed E-state index contributed by atoms with van der Waals surface area (Å²) >= 11 is 0. The van der Waals surface area contributed by atoms with Crippen molar-refractivity contribution >= 4 is 23.4 Å². The van der Waals surface area contributed by atoms with E-state index in [2.05, 4.69) is 26.1 Å². The molecule has 170 valence electrons. The molecule has 0 saturated heterocycles. The maximum atomic E-state index is 12.7. The second kappa shape index (κ2) is 10.1. The Morgan fingerprint density at radius 2 is 1.76 bits per heavy atom. The minimum atomic E-state index is -0.881. The van der Waals surface area contributed by atoms with Crippen molar-refractivity contribution in [2.75, 3.05) is 5.32 Å². The molecule has 33 heavy (non-hydrogen) atoms. The molecule has 0 bridgehead atoms. The first-order valence-electron chi connectivity index (χ1n) is 11.0. The Bertz CT molecular complexity index is 1140.